The molecule has 3 heterocycles. The van der Waals surface area contributed by atoms with Crippen molar-refractivity contribution >= 4 is 17.3 Å². The monoisotopic (exact) mass is 300 g/mol. The van der Waals surface area contributed by atoms with Crippen LogP contribution in [0.25, 0.3) is 0 Å². The number of hydrogen-bond acceptors (Lipinski definition) is 7. The second-order valence-electron chi connectivity index (χ2n) is 5.06. The maximum atomic E-state index is 5.63. The first-order valence-electron chi connectivity index (χ1n) is 7.42. The largest absolute Gasteiger partial charge is 0.478 e. The van der Waals surface area contributed by atoms with Gasteiger partial charge in [-0.25, -0.2) is 15.0 Å². The van der Waals surface area contributed by atoms with Crippen molar-refractivity contribution in [3.8, 4) is 5.88 Å². The van der Waals surface area contributed by atoms with Crippen LogP contribution in [-0.4, -0.2) is 47.7 Å². The van der Waals surface area contributed by atoms with Gasteiger partial charge in [-0.05, 0) is 19.1 Å². The van der Waals surface area contributed by atoms with E-state index in [1.165, 1.54) is 0 Å². The fraction of sp³-hybridized carbons (Fsp3) is 0.400. The van der Waals surface area contributed by atoms with E-state index in [2.05, 4.69) is 24.8 Å². The minimum absolute atomic E-state index is 0.548. The summed E-state index contributed by atoms with van der Waals surface area (Å²) in [7, 11) is 0. The smallest absolute Gasteiger partial charge is 0.218 e. The van der Waals surface area contributed by atoms with Crippen molar-refractivity contribution < 1.29 is 4.74 Å². The van der Waals surface area contributed by atoms with Crippen molar-refractivity contribution in [2.24, 2.45) is 0 Å². The summed E-state index contributed by atoms with van der Waals surface area (Å²) in [6.45, 7) is 6.18. The predicted molar refractivity (Wildman–Crippen MR) is 86.3 cm³/mol. The van der Waals surface area contributed by atoms with Crippen LogP contribution in [0.4, 0.5) is 17.3 Å². The van der Waals surface area contributed by atoms with Gasteiger partial charge in [-0.2, -0.15) is 0 Å². The number of nitrogens with zero attached hydrogens (tertiary/aromatic N) is 5. The van der Waals surface area contributed by atoms with Gasteiger partial charge in [0.25, 0.3) is 0 Å². The van der Waals surface area contributed by atoms with Gasteiger partial charge in [-0.3, -0.25) is 0 Å². The summed E-state index contributed by atoms with van der Waals surface area (Å²) in [4.78, 5) is 17.1. The lowest BCUT2D eigenvalue weighted by Crippen LogP contribution is -2.46. The molecule has 1 aliphatic rings. The van der Waals surface area contributed by atoms with Crippen LogP contribution in [0.1, 0.15) is 6.92 Å². The predicted octanol–water partition coefficient (Wildman–Crippen LogP) is 1.18. The quantitative estimate of drug-likeness (QED) is 0.908. The minimum atomic E-state index is 0.548. The molecule has 116 valence electrons. The fourth-order valence-electron chi connectivity index (χ4n) is 2.51. The van der Waals surface area contributed by atoms with Crippen LogP contribution in [-0.2, 0) is 0 Å². The maximum absolute atomic E-state index is 5.63. The molecule has 0 amide bonds. The molecule has 0 unspecified atom stereocenters. The zero-order valence-electron chi connectivity index (χ0n) is 12.6. The topological polar surface area (TPSA) is 80.4 Å². The Morgan fingerprint density at radius 2 is 1.86 bits per heavy atom. The standard InChI is InChI=1S/C15H20N6O/c1-2-22-15-9-14(18-11-19-15)21-7-5-20(6-8-21)12-3-4-13(16)17-10-12/h3-4,9-11H,2,5-8H2,1H3,(H2,16,17). The van der Waals surface area contributed by atoms with Gasteiger partial charge in [0.1, 0.15) is 18.0 Å². The van der Waals surface area contributed by atoms with Crippen molar-refractivity contribution in [2.45, 2.75) is 6.92 Å². The number of nitrogens with two attached hydrogens (primary N) is 1. The Kier molecular flexibility index (Phi) is 4.22. The van der Waals surface area contributed by atoms with Gasteiger partial charge < -0.3 is 20.3 Å². The van der Waals surface area contributed by atoms with E-state index >= 15 is 0 Å². The molecule has 0 spiro atoms. The molecule has 3 rings (SSSR count). The Morgan fingerprint density at radius 3 is 2.55 bits per heavy atom. The Bertz CT molecular complexity index is 610. The number of anilines is 3. The molecule has 0 aliphatic carbocycles. The molecule has 0 bridgehead atoms. The number of ether oxygens (including phenoxy) is 1. The molecule has 1 aliphatic heterocycles. The second kappa shape index (κ2) is 6.46. The lowest BCUT2D eigenvalue weighted by Gasteiger charge is -2.36. The van der Waals surface area contributed by atoms with Crippen molar-refractivity contribution in [2.75, 3.05) is 48.3 Å². The molecule has 1 saturated heterocycles. The lowest BCUT2D eigenvalue weighted by atomic mass is 10.2. The Balaban J connectivity index is 1.64. The van der Waals surface area contributed by atoms with Crippen LogP contribution in [0.15, 0.2) is 30.7 Å². The third-order valence-electron chi connectivity index (χ3n) is 3.66. The minimum Gasteiger partial charge on any atom is -0.478 e. The number of rotatable bonds is 4. The molecule has 7 nitrogen and oxygen atoms in total. The summed E-state index contributed by atoms with van der Waals surface area (Å²) >= 11 is 0. The normalized spacial score (nSPS) is 15.0. The van der Waals surface area contributed by atoms with Crippen molar-refractivity contribution in [1.29, 1.82) is 0 Å². The summed E-state index contributed by atoms with van der Waals surface area (Å²) in [5.74, 6) is 2.08. The number of nitrogen functional groups attached to an aromatic ring is 1. The van der Waals surface area contributed by atoms with Gasteiger partial charge in [-0.1, -0.05) is 0 Å². The SMILES string of the molecule is CCOc1cc(N2CCN(c3ccc(N)nc3)CC2)ncn1. The first-order valence-corrected chi connectivity index (χ1v) is 7.42. The average molecular weight is 300 g/mol. The first-order chi connectivity index (χ1) is 10.8. The maximum Gasteiger partial charge on any atom is 0.218 e. The highest BCUT2D eigenvalue weighted by Gasteiger charge is 2.19. The first kappa shape index (κ1) is 14.4. The Morgan fingerprint density at radius 1 is 1.09 bits per heavy atom. The van der Waals surface area contributed by atoms with Gasteiger partial charge in [-0.15, -0.1) is 0 Å². The number of piperazine rings is 1. The number of aromatic nitrogens is 3. The van der Waals surface area contributed by atoms with Crippen LogP contribution in [0.5, 0.6) is 5.88 Å². The average Bonchev–Trinajstić information content (AvgIpc) is 2.56. The van der Waals surface area contributed by atoms with Crippen LogP contribution in [0.2, 0.25) is 0 Å². The summed E-state index contributed by atoms with van der Waals surface area (Å²) < 4.78 is 5.43. The zero-order valence-corrected chi connectivity index (χ0v) is 12.6. The molecule has 0 saturated carbocycles. The zero-order chi connectivity index (χ0) is 15.4. The van der Waals surface area contributed by atoms with E-state index in [1.807, 2.05) is 31.3 Å². The molecular weight excluding hydrogens is 280 g/mol. The molecule has 7 heteroatoms. The molecule has 0 atom stereocenters. The Labute approximate surface area is 129 Å². The van der Waals surface area contributed by atoms with E-state index in [0.717, 1.165) is 37.7 Å². The Hall–Kier alpha value is -2.57. The summed E-state index contributed by atoms with van der Waals surface area (Å²) in [6, 6.07) is 5.74. The molecule has 0 aromatic carbocycles. The molecular formula is C15H20N6O. The van der Waals surface area contributed by atoms with E-state index in [0.29, 0.717) is 18.3 Å². The molecule has 2 aromatic heterocycles. The number of hydrogen-bond donors (Lipinski definition) is 1. The highest BCUT2D eigenvalue weighted by atomic mass is 16.5. The molecule has 22 heavy (non-hydrogen) atoms. The summed E-state index contributed by atoms with van der Waals surface area (Å²) in [6.07, 6.45) is 3.37. The van der Waals surface area contributed by atoms with E-state index in [9.17, 15) is 0 Å². The van der Waals surface area contributed by atoms with Gasteiger partial charge in [0.05, 0.1) is 18.5 Å². The van der Waals surface area contributed by atoms with E-state index in [4.69, 9.17) is 10.5 Å². The fourth-order valence-corrected chi connectivity index (χ4v) is 2.51. The third kappa shape index (κ3) is 3.19. The van der Waals surface area contributed by atoms with Crippen LogP contribution < -0.4 is 20.3 Å². The van der Waals surface area contributed by atoms with E-state index in [1.54, 1.807) is 6.33 Å². The van der Waals surface area contributed by atoms with E-state index < -0.39 is 0 Å². The van der Waals surface area contributed by atoms with Gasteiger partial charge in [0.2, 0.25) is 5.88 Å². The number of pyridine rings is 1. The third-order valence-corrected chi connectivity index (χ3v) is 3.66. The molecule has 1 fully saturated rings. The lowest BCUT2D eigenvalue weighted by molar-refractivity contribution is 0.326. The highest BCUT2D eigenvalue weighted by Crippen LogP contribution is 2.20. The van der Waals surface area contributed by atoms with E-state index in [-0.39, 0.29) is 0 Å². The van der Waals surface area contributed by atoms with Gasteiger partial charge >= 0.3 is 0 Å². The highest BCUT2D eigenvalue weighted by molar-refractivity contribution is 5.50. The summed E-state index contributed by atoms with van der Waals surface area (Å²) in [5, 5.41) is 0. The van der Waals surface area contributed by atoms with Crippen LogP contribution >= 0.6 is 0 Å². The summed E-state index contributed by atoms with van der Waals surface area (Å²) in [5.41, 5.74) is 6.73. The van der Waals surface area contributed by atoms with Crippen molar-refractivity contribution in [1.82, 2.24) is 15.0 Å². The molecule has 2 aromatic rings. The van der Waals surface area contributed by atoms with Gasteiger partial charge in [0, 0.05) is 32.2 Å². The molecule has 2 N–H and O–H groups in total. The van der Waals surface area contributed by atoms with Crippen molar-refractivity contribution in [3.63, 3.8) is 0 Å². The van der Waals surface area contributed by atoms with Crippen LogP contribution in [0, 0.1) is 0 Å². The van der Waals surface area contributed by atoms with Crippen molar-refractivity contribution in [3.05, 3.63) is 30.7 Å². The second-order valence-corrected chi connectivity index (χ2v) is 5.06. The molecule has 0 radical (unpaired) electrons. The van der Waals surface area contributed by atoms with Gasteiger partial charge in [0.15, 0.2) is 0 Å². The van der Waals surface area contributed by atoms with Crippen LogP contribution in [0.3, 0.4) is 0 Å².